The van der Waals surface area contributed by atoms with Crippen LogP contribution in [0.4, 0.5) is 13.6 Å². The summed E-state index contributed by atoms with van der Waals surface area (Å²) in [6, 6.07) is 4.82. The second-order valence-corrected chi connectivity index (χ2v) is 5.49. The van der Waals surface area contributed by atoms with Crippen LogP contribution in [0, 0.1) is 0 Å². The van der Waals surface area contributed by atoms with Crippen LogP contribution in [0.5, 0.6) is 5.75 Å². The van der Waals surface area contributed by atoms with Crippen molar-refractivity contribution in [2.24, 2.45) is 0 Å². The van der Waals surface area contributed by atoms with Crippen LogP contribution < -0.4 is 4.74 Å². The minimum atomic E-state index is -3.02. The van der Waals surface area contributed by atoms with Crippen molar-refractivity contribution < 1.29 is 27.8 Å². The molecule has 0 N–H and O–H groups in total. The van der Waals surface area contributed by atoms with E-state index >= 15 is 0 Å². The highest BCUT2D eigenvalue weighted by atomic mass is 19.3. The Hall–Kier alpha value is -2.64. The van der Waals surface area contributed by atoms with Crippen molar-refractivity contribution >= 4 is 12.0 Å². The zero-order valence-corrected chi connectivity index (χ0v) is 14.5. The zero-order valence-electron chi connectivity index (χ0n) is 14.5. The molecule has 0 saturated heterocycles. The standard InChI is InChI=1S/C17H20F2N2O4/c1-5-24-15(22)13-10(2)20(3)17(23)21(4)14(13)11-8-6-7-9-12(11)25-16(18)19/h6-9,14,16H,5H2,1-4H3/t14-/m0/s1. The number of esters is 1. The number of allylic oxidation sites excluding steroid dienone is 1. The van der Waals surface area contributed by atoms with Gasteiger partial charge in [0, 0.05) is 25.4 Å². The van der Waals surface area contributed by atoms with Crippen molar-refractivity contribution in [3.63, 3.8) is 0 Å². The van der Waals surface area contributed by atoms with Gasteiger partial charge < -0.3 is 19.3 Å². The fourth-order valence-electron chi connectivity index (χ4n) is 2.80. The van der Waals surface area contributed by atoms with Gasteiger partial charge in [0.15, 0.2) is 0 Å². The lowest BCUT2D eigenvalue weighted by molar-refractivity contribution is -0.139. The zero-order chi connectivity index (χ0) is 18.7. The van der Waals surface area contributed by atoms with Crippen molar-refractivity contribution in [3.8, 4) is 5.75 Å². The first-order valence-electron chi connectivity index (χ1n) is 7.71. The Bertz CT molecular complexity index is 706. The topological polar surface area (TPSA) is 59.1 Å². The third-order valence-electron chi connectivity index (χ3n) is 4.07. The number of carbonyl (C=O) groups excluding carboxylic acids is 2. The van der Waals surface area contributed by atoms with Gasteiger partial charge in [-0.05, 0) is 19.9 Å². The van der Waals surface area contributed by atoms with E-state index in [0.717, 1.165) is 0 Å². The molecule has 25 heavy (non-hydrogen) atoms. The van der Waals surface area contributed by atoms with Gasteiger partial charge >= 0.3 is 18.6 Å². The molecule has 0 radical (unpaired) electrons. The summed E-state index contributed by atoms with van der Waals surface area (Å²) in [7, 11) is 3.03. The fourth-order valence-corrected chi connectivity index (χ4v) is 2.80. The smallest absolute Gasteiger partial charge is 0.387 e. The van der Waals surface area contributed by atoms with Crippen molar-refractivity contribution in [3.05, 3.63) is 41.1 Å². The van der Waals surface area contributed by atoms with E-state index in [1.807, 2.05) is 0 Å². The number of ether oxygens (including phenoxy) is 2. The molecule has 0 spiro atoms. The van der Waals surface area contributed by atoms with Gasteiger partial charge in [0.05, 0.1) is 18.2 Å². The van der Waals surface area contributed by atoms with Crippen LogP contribution in [-0.2, 0) is 9.53 Å². The Morgan fingerprint density at radius 2 is 1.92 bits per heavy atom. The molecule has 1 aromatic carbocycles. The largest absolute Gasteiger partial charge is 0.463 e. The highest BCUT2D eigenvalue weighted by molar-refractivity contribution is 5.95. The molecule has 1 aliphatic heterocycles. The molecule has 6 nitrogen and oxygen atoms in total. The van der Waals surface area contributed by atoms with Crippen molar-refractivity contribution in [1.29, 1.82) is 0 Å². The minimum absolute atomic E-state index is 0.0960. The molecule has 0 fully saturated rings. The number of nitrogens with zero attached hydrogens (tertiary/aromatic N) is 2. The average molecular weight is 354 g/mol. The van der Waals surface area contributed by atoms with Gasteiger partial charge in [-0.3, -0.25) is 0 Å². The van der Waals surface area contributed by atoms with Crippen LogP contribution >= 0.6 is 0 Å². The van der Waals surface area contributed by atoms with Crippen LogP contribution in [-0.4, -0.2) is 49.1 Å². The summed E-state index contributed by atoms with van der Waals surface area (Å²) in [5, 5.41) is 0. The summed E-state index contributed by atoms with van der Waals surface area (Å²) in [5.41, 5.74) is 0.893. The van der Waals surface area contributed by atoms with Gasteiger partial charge in [-0.25, -0.2) is 9.59 Å². The quantitative estimate of drug-likeness (QED) is 0.762. The molecule has 0 unspecified atom stereocenters. The summed E-state index contributed by atoms with van der Waals surface area (Å²) in [6.45, 7) is 0.405. The van der Waals surface area contributed by atoms with E-state index in [9.17, 15) is 18.4 Å². The van der Waals surface area contributed by atoms with E-state index in [4.69, 9.17) is 4.74 Å². The molecule has 1 atom stereocenters. The molecule has 0 aliphatic carbocycles. The van der Waals surface area contributed by atoms with E-state index in [1.54, 1.807) is 32.0 Å². The third kappa shape index (κ3) is 3.57. The maximum atomic E-state index is 12.7. The number of urea groups is 1. The second-order valence-electron chi connectivity index (χ2n) is 5.49. The third-order valence-corrected chi connectivity index (χ3v) is 4.07. The van der Waals surface area contributed by atoms with E-state index in [2.05, 4.69) is 4.74 Å². The van der Waals surface area contributed by atoms with E-state index in [1.165, 1.54) is 30.0 Å². The average Bonchev–Trinajstić information content (AvgIpc) is 2.56. The Labute approximate surface area is 144 Å². The van der Waals surface area contributed by atoms with Crippen LogP contribution in [0.15, 0.2) is 35.5 Å². The second kappa shape index (κ2) is 7.50. The number of rotatable bonds is 5. The summed E-state index contributed by atoms with van der Waals surface area (Å²) in [4.78, 5) is 27.6. The lowest BCUT2D eigenvalue weighted by Crippen LogP contribution is -2.47. The first-order chi connectivity index (χ1) is 11.8. The van der Waals surface area contributed by atoms with Gasteiger partial charge in [0.25, 0.3) is 0 Å². The Balaban J connectivity index is 2.63. The number of hydrogen-bond donors (Lipinski definition) is 0. The number of para-hydroxylation sites is 1. The van der Waals surface area contributed by atoms with Crippen LogP contribution in [0.25, 0.3) is 0 Å². The fraction of sp³-hybridized carbons (Fsp3) is 0.412. The van der Waals surface area contributed by atoms with Crippen molar-refractivity contribution in [2.45, 2.75) is 26.5 Å². The van der Waals surface area contributed by atoms with Gasteiger partial charge in [-0.1, -0.05) is 18.2 Å². The van der Waals surface area contributed by atoms with E-state index < -0.39 is 18.6 Å². The first kappa shape index (κ1) is 18.7. The molecule has 0 saturated carbocycles. The molecule has 0 aromatic heterocycles. The molecule has 0 bridgehead atoms. The van der Waals surface area contributed by atoms with Gasteiger partial charge in [0.1, 0.15) is 5.75 Å². The molecule has 2 rings (SSSR count). The molecule has 1 heterocycles. The molecule has 136 valence electrons. The molecular formula is C17H20F2N2O4. The Morgan fingerprint density at radius 1 is 1.28 bits per heavy atom. The first-order valence-corrected chi connectivity index (χ1v) is 7.71. The molecule has 2 amide bonds. The van der Waals surface area contributed by atoms with E-state index in [-0.39, 0.29) is 29.5 Å². The lowest BCUT2D eigenvalue weighted by Gasteiger charge is -2.39. The highest BCUT2D eigenvalue weighted by Gasteiger charge is 2.40. The maximum absolute atomic E-state index is 12.7. The Morgan fingerprint density at radius 3 is 2.52 bits per heavy atom. The van der Waals surface area contributed by atoms with Crippen molar-refractivity contribution in [2.75, 3.05) is 20.7 Å². The highest BCUT2D eigenvalue weighted by Crippen LogP contribution is 2.40. The SMILES string of the molecule is CCOC(=O)C1=C(C)N(C)C(=O)N(C)[C@H]1c1ccccc1OC(F)F. The number of likely N-dealkylation sites (N-methyl/N-ethyl adjacent to an activating group) is 1. The molecule has 1 aliphatic rings. The normalized spacial score (nSPS) is 18.0. The van der Waals surface area contributed by atoms with Gasteiger partial charge in [0.2, 0.25) is 0 Å². The predicted molar refractivity (Wildman–Crippen MR) is 86.1 cm³/mol. The molecular weight excluding hydrogens is 334 g/mol. The minimum Gasteiger partial charge on any atom is -0.463 e. The van der Waals surface area contributed by atoms with Crippen LogP contribution in [0.2, 0.25) is 0 Å². The number of carbonyl (C=O) groups is 2. The molecule has 1 aromatic rings. The monoisotopic (exact) mass is 354 g/mol. The predicted octanol–water partition coefficient (Wildman–Crippen LogP) is 3.16. The number of halogens is 2. The Kier molecular flexibility index (Phi) is 5.61. The van der Waals surface area contributed by atoms with Crippen LogP contribution in [0.3, 0.4) is 0 Å². The summed E-state index contributed by atoms with van der Waals surface area (Å²) in [5.74, 6) is -0.704. The van der Waals surface area contributed by atoms with Gasteiger partial charge in [-0.2, -0.15) is 8.78 Å². The maximum Gasteiger partial charge on any atom is 0.387 e. The number of alkyl halides is 2. The lowest BCUT2D eigenvalue weighted by atomic mass is 9.93. The molecule has 8 heteroatoms. The van der Waals surface area contributed by atoms with Crippen LogP contribution in [0.1, 0.15) is 25.5 Å². The summed E-state index contributed by atoms with van der Waals surface area (Å²) < 4.78 is 35.2. The number of hydrogen-bond acceptors (Lipinski definition) is 4. The summed E-state index contributed by atoms with van der Waals surface area (Å²) in [6.07, 6.45) is 0. The van der Waals surface area contributed by atoms with Gasteiger partial charge in [-0.15, -0.1) is 0 Å². The summed E-state index contributed by atoms with van der Waals surface area (Å²) >= 11 is 0. The number of benzene rings is 1. The van der Waals surface area contributed by atoms with Crippen molar-refractivity contribution in [1.82, 2.24) is 9.80 Å². The number of amides is 2. The van der Waals surface area contributed by atoms with E-state index in [0.29, 0.717) is 5.70 Å².